The fourth-order valence-corrected chi connectivity index (χ4v) is 2.50. The zero-order chi connectivity index (χ0) is 14.7. The normalized spacial score (nSPS) is 19.9. The SMILES string of the molecule is C=CC1CC(=O)N([C@@H](Cc2ccc(C)cc2)C(=O)O)C1. The highest BCUT2D eigenvalue weighted by atomic mass is 16.4. The van der Waals surface area contributed by atoms with Gasteiger partial charge in [0.2, 0.25) is 5.91 Å². The lowest BCUT2D eigenvalue weighted by atomic mass is 10.0. The highest BCUT2D eigenvalue weighted by molar-refractivity contribution is 5.85. The van der Waals surface area contributed by atoms with Gasteiger partial charge in [0.15, 0.2) is 0 Å². The van der Waals surface area contributed by atoms with Crippen LogP contribution in [0.3, 0.4) is 0 Å². The molecule has 4 heteroatoms. The quantitative estimate of drug-likeness (QED) is 0.835. The lowest BCUT2D eigenvalue weighted by Gasteiger charge is -2.24. The molecule has 1 aromatic rings. The van der Waals surface area contributed by atoms with E-state index in [4.69, 9.17) is 0 Å². The van der Waals surface area contributed by atoms with E-state index < -0.39 is 12.0 Å². The Balaban J connectivity index is 2.15. The van der Waals surface area contributed by atoms with Crippen molar-refractivity contribution in [2.45, 2.75) is 25.8 Å². The molecule has 1 unspecified atom stereocenters. The van der Waals surface area contributed by atoms with Gasteiger partial charge < -0.3 is 10.0 Å². The first-order chi connectivity index (χ1) is 9.51. The van der Waals surface area contributed by atoms with E-state index in [2.05, 4.69) is 6.58 Å². The van der Waals surface area contributed by atoms with Crippen LogP contribution in [0, 0.1) is 12.8 Å². The third-order valence-corrected chi connectivity index (χ3v) is 3.73. The van der Waals surface area contributed by atoms with Crippen molar-refractivity contribution in [3.8, 4) is 0 Å². The third-order valence-electron chi connectivity index (χ3n) is 3.73. The number of benzene rings is 1. The average Bonchev–Trinajstić information content (AvgIpc) is 2.79. The van der Waals surface area contributed by atoms with Crippen LogP contribution in [0.1, 0.15) is 17.5 Å². The van der Waals surface area contributed by atoms with Crippen LogP contribution in [0.25, 0.3) is 0 Å². The van der Waals surface area contributed by atoms with Crippen molar-refractivity contribution in [2.24, 2.45) is 5.92 Å². The minimum Gasteiger partial charge on any atom is -0.480 e. The molecule has 1 saturated heterocycles. The van der Waals surface area contributed by atoms with Gasteiger partial charge in [0.1, 0.15) is 6.04 Å². The lowest BCUT2D eigenvalue weighted by molar-refractivity contribution is -0.148. The Morgan fingerprint density at radius 3 is 2.65 bits per heavy atom. The van der Waals surface area contributed by atoms with Gasteiger partial charge in [-0.15, -0.1) is 6.58 Å². The summed E-state index contributed by atoms with van der Waals surface area (Å²) in [6.45, 7) is 6.12. The molecule has 1 fully saturated rings. The van der Waals surface area contributed by atoms with Crippen molar-refractivity contribution in [1.29, 1.82) is 0 Å². The second-order valence-corrected chi connectivity index (χ2v) is 5.29. The van der Waals surface area contributed by atoms with E-state index in [1.807, 2.05) is 31.2 Å². The van der Waals surface area contributed by atoms with Crippen molar-refractivity contribution < 1.29 is 14.7 Å². The number of likely N-dealkylation sites (tertiary alicyclic amines) is 1. The number of nitrogens with zero attached hydrogens (tertiary/aromatic N) is 1. The summed E-state index contributed by atoms with van der Waals surface area (Å²) in [5, 5.41) is 9.41. The molecule has 2 rings (SSSR count). The lowest BCUT2D eigenvalue weighted by Crippen LogP contribution is -2.43. The fourth-order valence-electron chi connectivity index (χ4n) is 2.50. The number of carboxylic acid groups (broad SMARTS) is 1. The summed E-state index contributed by atoms with van der Waals surface area (Å²) in [7, 11) is 0. The molecule has 0 radical (unpaired) electrons. The molecule has 2 atom stereocenters. The number of carbonyl (C=O) groups excluding carboxylic acids is 1. The van der Waals surface area contributed by atoms with Gasteiger partial charge in [-0.05, 0) is 12.5 Å². The zero-order valence-electron chi connectivity index (χ0n) is 11.6. The molecule has 20 heavy (non-hydrogen) atoms. The molecule has 1 aliphatic heterocycles. The highest BCUT2D eigenvalue weighted by Gasteiger charge is 2.36. The van der Waals surface area contributed by atoms with Crippen LogP contribution >= 0.6 is 0 Å². The summed E-state index contributed by atoms with van der Waals surface area (Å²) in [5.74, 6) is -1.000. The Morgan fingerprint density at radius 2 is 2.15 bits per heavy atom. The van der Waals surface area contributed by atoms with Crippen LogP contribution in [0.5, 0.6) is 0 Å². The molecule has 4 nitrogen and oxygen atoms in total. The molecule has 0 spiro atoms. The maximum absolute atomic E-state index is 11.9. The highest BCUT2D eigenvalue weighted by Crippen LogP contribution is 2.23. The van der Waals surface area contributed by atoms with Crippen LogP contribution < -0.4 is 0 Å². The van der Waals surface area contributed by atoms with E-state index in [9.17, 15) is 14.7 Å². The third kappa shape index (κ3) is 3.07. The Labute approximate surface area is 118 Å². The predicted molar refractivity (Wildman–Crippen MR) is 76.3 cm³/mol. The van der Waals surface area contributed by atoms with Gasteiger partial charge in [-0.2, -0.15) is 0 Å². The minimum atomic E-state index is -0.955. The number of aryl methyl sites for hydroxylation is 1. The molecular weight excluding hydrogens is 254 g/mol. The van der Waals surface area contributed by atoms with Crippen molar-refractivity contribution in [2.75, 3.05) is 6.54 Å². The Bertz CT molecular complexity index is 521. The molecule has 0 aliphatic carbocycles. The summed E-state index contributed by atoms with van der Waals surface area (Å²) >= 11 is 0. The van der Waals surface area contributed by atoms with Crippen molar-refractivity contribution in [1.82, 2.24) is 4.90 Å². The standard InChI is InChI=1S/C16H19NO3/c1-3-12-9-15(18)17(10-12)14(16(19)20)8-13-6-4-11(2)5-7-13/h3-7,12,14H,1,8-10H2,2H3,(H,19,20)/t12?,14-/m0/s1. The van der Waals surface area contributed by atoms with Crippen LogP contribution in [0.2, 0.25) is 0 Å². The van der Waals surface area contributed by atoms with Gasteiger partial charge in [0, 0.05) is 25.3 Å². The second kappa shape index (κ2) is 5.90. The molecule has 1 aliphatic rings. The van der Waals surface area contributed by atoms with Crippen LogP contribution in [-0.4, -0.2) is 34.5 Å². The topological polar surface area (TPSA) is 57.6 Å². The first-order valence-corrected chi connectivity index (χ1v) is 6.71. The summed E-state index contributed by atoms with van der Waals surface area (Å²) in [6.07, 6.45) is 2.43. The average molecular weight is 273 g/mol. The molecule has 1 amide bonds. The monoisotopic (exact) mass is 273 g/mol. The first kappa shape index (κ1) is 14.3. The smallest absolute Gasteiger partial charge is 0.326 e. The molecular formula is C16H19NO3. The van der Waals surface area contributed by atoms with Crippen LogP contribution in [0.15, 0.2) is 36.9 Å². The number of amides is 1. The number of hydrogen-bond acceptors (Lipinski definition) is 2. The molecule has 0 aromatic heterocycles. The number of rotatable bonds is 5. The van der Waals surface area contributed by atoms with Crippen LogP contribution in [-0.2, 0) is 16.0 Å². The summed E-state index contributed by atoms with van der Waals surface area (Å²) < 4.78 is 0. The fraction of sp³-hybridized carbons (Fsp3) is 0.375. The van der Waals surface area contributed by atoms with Crippen molar-refractivity contribution >= 4 is 11.9 Å². The minimum absolute atomic E-state index is 0.0577. The summed E-state index contributed by atoms with van der Waals surface area (Å²) in [6, 6.07) is 6.93. The van der Waals surface area contributed by atoms with Gasteiger partial charge in [0.25, 0.3) is 0 Å². The Morgan fingerprint density at radius 1 is 1.50 bits per heavy atom. The maximum atomic E-state index is 11.9. The zero-order valence-corrected chi connectivity index (χ0v) is 11.6. The molecule has 0 saturated carbocycles. The molecule has 1 heterocycles. The Hall–Kier alpha value is -2.10. The summed E-state index contributed by atoms with van der Waals surface area (Å²) in [5.41, 5.74) is 2.06. The van der Waals surface area contributed by atoms with Gasteiger partial charge in [0.05, 0.1) is 0 Å². The van der Waals surface area contributed by atoms with E-state index >= 15 is 0 Å². The maximum Gasteiger partial charge on any atom is 0.326 e. The number of carbonyl (C=O) groups is 2. The predicted octanol–water partition coefficient (Wildman–Crippen LogP) is 2.03. The summed E-state index contributed by atoms with van der Waals surface area (Å²) in [4.78, 5) is 24.9. The second-order valence-electron chi connectivity index (χ2n) is 5.29. The molecule has 1 N–H and O–H groups in total. The van der Waals surface area contributed by atoms with Crippen molar-refractivity contribution in [3.05, 3.63) is 48.0 Å². The van der Waals surface area contributed by atoms with Gasteiger partial charge in [-0.1, -0.05) is 35.9 Å². The molecule has 1 aromatic carbocycles. The van der Waals surface area contributed by atoms with Gasteiger partial charge in [-0.3, -0.25) is 4.79 Å². The number of hydrogen-bond donors (Lipinski definition) is 1. The van der Waals surface area contributed by atoms with Gasteiger partial charge in [-0.25, -0.2) is 4.79 Å². The number of carboxylic acids is 1. The van der Waals surface area contributed by atoms with Crippen LogP contribution in [0.4, 0.5) is 0 Å². The van der Waals surface area contributed by atoms with E-state index in [0.717, 1.165) is 11.1 Å². The van der Waals surface area contributed by atoms with E-state index in [1.165, 1.54) is 4.90 Å². The van der Waals surface area contributed by atoms with E-state index in [0.29, 0.717) is 19.4 Å². The van der Waals surface area contributed by atoms with E-state index in [-0.39, 0.29) is 11.8 Å². The van der Waals surface area contributed by atoms with Crippen molar-refractivity contribution in [3.63, 3.8) is 0 Å². The number of aliphatic carboxylic acids is 1. The van der Waals surface area contributed by atoms with Gasteiger partial charge >= 0.3 is 5.97 Å². The van der Waals surface area contributed by atoms with E-state index in [1.54, 1.807) is 6.08 Å². The first-order valence-electron chi connectivity index (χ1n) is 6.71. The Kier molecular flexibility index (Phi) is 4.23. The molecule has 0 bridgehead atoms. The largest absolute Gasteiger partial charge is 0.480 e. The molecule has 106 valence electrons.